The maximum atomic E-state index is 11.7. The molecular weight excluding hydrogens is 230 g/mol. The molecule has 0 aliphatic rings. The summed E-state index contributed by atoms with van der Waals surface area (Å²) in [6, 6.07) is 2.91. The fraction of sp³-hybridized carbons (Fsp3) is 0.200. The van der Waals surface area contributed by atoms with Crippen molar-refractivity contribution in [3.63, 3.8) is 0 Å². The smallest absolute Gasteiger partial charge is 0.287 e. The summed E-state index contributed by atoms with van der Waals surface area (Å²) >= 11 is 5.58. The van der Waals surface area contributed by atoms with Gasteiger partial charge < -0.3 is 9.73 Å². The normalized spacial score (nSPS) is 12.4. The topological polar surface area (TPSA) is 70.9 Å². The van der Waals surface area contributed by atoms with Crippen LogP contribution in [0.25, 0.3) is 0 Å². The predicted molar refractivity (Wildman–Crippen MR) is 58.2 cm³/mol. The van der Waals surface area contributed by atoms with Crippen molar-refractivity contribution in [3.05, 3.63) is 41.1 Å². The van der Waals surface area contributed by atoms with Gasteiger partial charge in [-0.1, -0.05) is 0 Å². The highest BCUT2D eigenvalue weighted by Crippen LogP contribution is 2.15. The maximum Gasteiger partial charge on any atom is 0.287 e. The number of amides is 1. The number of hydrogen-bond acceptors (Lipinski definition) is 3. The van der Waals surface area contributed by atoms with E-state index in [1.165, 1.54) is 12.1 Å². The Bertz CT molecular complexity index is 478. The molecule has 5 nitrogen and oxygen atoms in total. The molecule has 0 aliphatic heterocycles. The van der Waals surface area contributed by atoms with Crippen LogP contribution >= 0.6 is 11.6 Å². The van der Waals surface area contributed by atoms with Gasteiger partial charge in [-0.3, -0.25) is 9.89 Å². The van der Waals surface area contributed by atoms with Gasteiger partial charge in [0.25, 0.3) is 5.91 Å². The Morgan fingerprint density at radius 3 is 3.00 bits per heavy atom. The van der Waals surface area contributed by atoms with Crippen LogP contribution in [0, 0.1) is 0 Å². The van der Waals surface area contributed by atoms with E-state index in [1.54, 1.807) is 12.4 Å². The van der Waals surface area contributed by atoms with Crippen LogP contribution in [0.1, 0.15) is 29.1 Å². The third-order valence-electron chi connectivity index (χ3n) is 2.16. The number of hydrogen-bond donors (Lipinski definition) is 2. The zero-order valence-electron chi connectivity index (χ0n) is 8.53. The zero-order chi connectivity index (χ0) is 11.5. The summed E-state index contributed by atoms with van der Waals surface area (Å²) in [5.74, 6) is -0.110. The van der Waals surface area contributed by atoms with Gasteiger partial charge in [-0.15, -0.1) is 0 Å². The van der Waals surface area contributed by atoms with Crippen LogP contribution in [0.15, 0.2) is 28.9 Å². The molecule has 0 aromatic carbocycles. The quantitative estimate of drug-likeness (QED) is 0.862. The minimum absolute atomic E-state index is 0.143. The molecule has 1 amide bonds. The Morgan fingerprint density at radius 1 is 1.62 bits per heavy atom. The van der Waals surface area contributed by atoms with Crippen molar-refractivity contribution in [1.82, 2.24) is 15.5 Å². The molecule has 6 heteroatoms. The molecule has 0 fully saturated rings. The summed E-state index contributed by atoms with van der Waals surface area (Å²) in [6.07, 6.45) is 3.38. The zero-order valence-corrected chi connectivity index (χ0v) is 9.28. The Hall–Kier alpha value is -1.75. The molecule has 0 bridgehead atoms. The van der Waals surface area contributed by atoms with E-state index in [-0.39, 0.29) is 22.9 Å². The number of nitrogens with zero attached hydrogens (tertiary/aromatic N) is 1. The van der Waals surface area contributed by atoms with E-state index in [0.29, 0.717) is 0 Å². The van der Waals surface area contributed by atoms with Crippen molar-refractivity contribution in [2.75, 3.05) is 0 Å². The van der Waals surface area contributed by atoms with Crippen LogP contribution in [-0.4, -0.2) is 16.1 Å². The second-order valence-electron chi connectivity index (χ2n) is 3.33. The number of aromatic nitrogens is 2. The predicted octanol–water partition coefficient (Wildman–Crippen LogP) is 2.15. The number of carbonyl (C=O) groups is 1. The molecule has 0 saturated heterocycles. The number of aromatic amines is 1. The molecule has 16 heavy (non-hydrogen) atoms. The summed E-state index contributed by atoms with van der Waals surface area (Å²) in [4.78, 5) is 11.7. The highest BCUT2D eigenvalue weighted by atomic mass is 35.5. The number of furan rings is 1. The second-order valence-corrected chi connectivity index (χ2v) is 3.70. The maximum absolute atomic E-state index is 11.7. The number of halogens is 1. The van der Waals surface area contributed by atoms with E-state index in [2.05, 4.69) is 15.5 Å². The van der Waals surface area contributed by atoms with Crippen molar-refractivity contribution in [2.24, 2.45) is 0 Å². The van der Waals surface area contributed by atoms with Gasteiger partial charge in [-0.05, 0) is 30.7 Å². The first-order valence-electron chi connectivity index (χ1n) is 4.71. The van der Waals surface area contributed by atoms with Gasteiger partial charge in [0.05, 0.1) is 12.2 Å². The lowest BCUT2D eigenvalue weighted by Gasteiger charge is -2.10. The van der Waals surface area contributed by atoms with Gasteiger partial charge in [0.2, 0.25) is 0 Å². The Balaban J connectivity index is 2.03. The van der Waals surface area contributed by atoms with Gasteiger partial charge >= 0.3 is 0 Å². The van der Waals surface area contributed by atoms with Crippen molar-refractivity contribution < 1.29 is 9.21 Å². The second kappa shape index (κ2) is 4.40. The Kier molecular flexibility index (Phi) is 2.96. The summed E-state index contributed by atoms with van der Waals surface area (Å²) in [7, 11) is 0. The van der Waals surface area contributed by atoms with E-state index < -0.39 is 0 Å². The van der Waals surface area contributed by atoms with Gasteiger partial charge in [0.15, 0.2) is 11.0 Å². The Morgan fingerprint density at radius 2 is 2.44 bits per heavy atom. The van der Waals surface area contributed by atoms with Crippen molar-refractivity contribution in [2.45, 2.75) is 13.0 Å². The summed E-state index contributed by atoms with van der Waals surface area (Å²) < 4.78 is 4.99. The molecular formula is C10H10ClN3O2. The highest BCUT2D eigenvalue weighted by Gasteiger charge is 2.14. The molecule has 2 heterocycles. The summed E-state index contributed by atoms with van der Waals surface area (Å²) in [6.45, 7) is 1.85. The number of carbonyl (C=O) groups excluding carboxylic acids is 1. The van der Waals surface area contributed by atoms with Gasteiger partial charge in [-0.25, -0.2) is 0 Å². The lowest BCUT2D eigenvalue weighted by molar-refractivity contribution is 0.0912. The lowest BCUT2D eigenvalue weighted by Crippen LogP contribution is -2.25. The van der Waals surface area contributed by atoms with E-state index in [0.717, 1.165) is 5.56 Å². The van der Waals surface area contributed by atoms with Crippen LogP contribution in [-0.2, 0) is 0 Å². The molecule has 1 atom stereocenters. The van der Waals surface area contributed by atoms with Crippen molar-refractivity contribution >= 4 is 17.5 Å². The average molecular weight is 240 g/mol. The molecule has 0 aliphatic carbocycles. The van der Waals surface area contributed by atoms with E-state index in [9.17, 15) is 4.79 Å². The first kappa shape index (κ1) is 10.8. The standard InChI is InChI=1S/C10H10ClN3O2/c1-6(7-4-12-13-5-7)14-10(15)8-2-3-9(11)16-8/h2-6H,1H3,(H,12,13)(H,14,15). The number of H-pyrrole nitrogens is 1. The van der Waals surface area contributed by atoms with Crippen LogP contribution in [0.2, 0.25) is 5.22 Å². The molecule has 0 saturated carbocycles. The lowest BCUT2D eigenvalue weighted by atomic mass is 10.2. The van der Waals surface area contributed by atoms with Gasteiger partial charge in [0, 0.05) is 11.8 Å². The average Bonchev–Trinajstić information content (AvgIpc) is 2.87. The minimum atomic E-state index is -0.305. The largest absolute Gasteiger partial charge is 0.440 e. The minimum Gasteiger partial charge on any atom is -0.440 e. The monoisotopic (exact) mass is 239 g/mol. The van der Waals surface area contributed by atoms with Gasteiger partial charge in [-0.2, -0.15) is 5.10 Å². The fourth-order valence-electron chi connectivity index (χ4n) is 1.29. The van der Waals surface area contributed by atoms with Crippen molar-refractivity contribution in [3.8, 4) is 0 Å². The molecule has 0 radical (unpaired) electrons. The fourth-order valence-corrected chi connectivity index (χ4v) is 1.43. The number of rotatable bonds is 3. The third-order valence-corrected chi connectivity index (χ3v) is 2.37. The molecule has 0 spiro atoms. The van der Waals surface area contributed by atoms with Crippen LogP contribution in [0.3, 0.4) is 0 Å². The molecule has 2 N–H and O–H groups in total. The van der Waals surface area contributed by atoms with E-state index in [4.69, 9.17) is 16.0 Å². The van der Waals surface area contributed by atoms with Crippen molar-refractivity contribution in [1.29, 1.82) is 0 Å². The molecule has 1 unspecified atom stereocenters. The molecule has 2 rings (SSSR count). The van der Waals surface area contributed by atoms with Gasteiger partial charge in [0.1, 0.15) is 0 Å². The van der Waals surface area contributed by atoms with E-state index >= 15 is 0 Å². The first-order chi connectivity index (χ1) is 7.66. The third kappa shape index (κ3) is 2.25. The highest BCUT2D eigenvalue weighted by molar-refractivity contribution is 6.29. The summed E-state index contributed by atoms with van der Waals surface area (Å²) in [5.41, 5.74) is 0.894. The molecule has 2 aromatic heterocycles. The van der Waals surface area contributed by atoms with Crippen LogP contribution in [0.5, 0.6) is 0 Å². The first-order valence-corrected chi connectivity index (χ1v) is 5.09. The summed E-state index contributed by atoms with van der Waals surface area (Å²) in [5, 5.41) is 9.44. The molecule has 2 aromatic rings. The van der Waals surface area contributed by atoms with Crippen LogP contribution in [0.4, 0.5) is 0 Å². The van der Waals surface area contributed by atoms with Crippen LogP contribution < -0.4 is 5.32 Å². The number of nitrogens with one attached hydrogen (secondary N) is 2. The van der Waals surface area contributed by atoms with E-state index in [1.807, 2.05) is 6.92 Å². The molecule has 84 valence electrons. The SMILES string of the molecule is CC(NC(=O)c1ccc(Cl)o1)c1cn[nH]c1. The Labute approximate surface area is 96.8 Å².